The summed E-state index contributed by atoms with van der Waals surface area (Å²) in [6.07, 6.45) is 0. The third-order valence-electron chi connectivity index (χ3n) is 4.21. The van der Waals surface area contributed by atoms with Crippen LogP contribution in [0.1, 0.15) is 52.7 Å². The van der Waals surface area contributed by atoms with Crippen molar-refractivity contribution in [1.29, 1.82) is 0 Å². The number of hydrogen-bond acceptors (Lipinski definition) is 3. The highest BCUT2D eigenvalue weighted by atomic mass is 16.5. The molecule has 0 spiro atoms. The average Bonchev–Trinajstić information content (AvgIpc) is 2.53. The number of nitrogens with one attached hydrogen (secondary N) is 1. The van der Waals surface area contributed by atoms with Crippen molar-refractivity contribution in [2.24, 2.45) is 0 Å². The molecule has 26 heavy (non-hydrogen) atoms. The van der Waals surface area contributed by atoms with Crippen molar-refractivity contribution in [3.8, 4) is 5.75 Å². The van der Waals surface area contributed by atoms with E-state index < -0.39 is 0 Å². The predicted molar refractivity (Wildman–Crippen MR) is 109 cm³/mol. The van der Waals surface area contributed by atoms with Crippen LogP contribution < -0.4 is 15.8 Å². The lowest BCUT2D eigenvalue weighted by Crippen LogP contribution is -2.22. The number of amides is 1. The Hall–Kier alpha value is -2.49. The Bertz CT molecular complexity index is 766. The van der Waals surface area contributed by atoms with E-state index >= 15 is 0 Å². The van der Waals surface area contributed by atoms with Gasteiger partial charge in [-0.1, -0.05) is 53.7 Å². The van der Waals surface area contributed by atoms with E-state index in [9.17, 15) is 4.79 Å². The quantitative estimate of drug-likeness (QED) is 0.769. The summed E-state index contributed by atoms with van der Waals surface area (Å²) in [5.74, 6) is 0.549. The number of nitrogen functional groups attached to an aromatic ring is 1. The Morgan fingerprint density at radius 1 is 0.962 bits per heavy atom. The van der Waals surface area contributed by atoms with E-state index in [0.717, 1.165) is 11.3 Å². The van der Waals surface area contributed by atoms with Gasteiger partial charge in [0.25, 0.3) is 5.91 Å². The molecule has 0 heterocycles. The van der Waals surface area contributed by atoms with Gasteiger partial charge in [0.1, 0.15) is 5.75 Å². The van der Waals surface area contributed by atoms with Gasteiger partial charge >= 0.3 is 0 Å². The first-order chi connectivity index (χ1) is 12.0. The standard InChI is InChI=1S/C22H30N2O2/c1-21(2,3)15-7-12-19(18(13-15)22(4,5)6)26-14-20(25)24-17-10-8-16(23)9-11-17/h7-13H,14,23H2,1-6H3,(H,24,25). The number of hydrogen-bond donors (Lipinski definition) is 2. The van der Waals surface area contributed by atoms with Crippen LogP contribution in [0, 0.1) is 0 Å². The molecule has 4 heteroatoms. The summed E-state index contributed by atoms with van der Waals surface area (Å²) in [7, 11) is 0. The fraction of sp³-hybridized carbons (Fsp3) is 0.409. The highest BCUT2D eigenvalue weighted by molar-refractivity contribution is 5.92. The minimum atomic E-state index is -0.200. The second-order valence-corrected chi connectivity index (χ2v) is 8.67. The predicted octanol–water partition coefficient (Wildman–Crippen LogP) is 4.88. The molecule has 0 bridgehead atoms. The maximum atomic E-state index is 12.2. The van der Waals surface area contributed by atoms with Crippen LogP contribution in [-0.2, 0) is 15.6 Å². The van der Waals surface area contributed by atoms with E-state index in [1.807, 2.05) is 6.07 Å². The fourth-order valence-corrected chi connectivity index (χ4v) is 2.62. The third kappa shape index (κ3) is 5.25. The maximum Gasteiger partial charge on any atom is 0.262 e. The first-order valence-corrected chi connectivity index (χ1v) is 8.90. The molecule has 0 aliphatic rings. The number of benzene rings is 2. The number of carbonyl (C=O) groups is 1. The van der Waals surface area contributed by atoms with Crippen molar-refractivity contribution in [2.75, 3.05) is 17.7 Å². The molecule has 4 nitrogen and oxygen atoms in total. The van der Waals surface area contributed by atoms with Crippen molar-refractivity contribution >= 4 is 17.3 Å². The Labute approximate surface area is 156 Å². The molecular formula is C22H30N2O2. The summed E-state index contributed by atoms with van der Waals surface area (Å²) in [5, 5.41) is 2.81. The van der Waals surface area contributed by atoms with Gasteiger partial charge in [-0.25, -0.2) is 0 Å². The van der Waals surface area contributed by atoms with Gasteiger partial charge < -0.3 is 15.8 Å². The SMILES string of the molecule is CC(C)(C)c1ccc(OCC(=O)Nc2ccc(N)cc2)c(C(C)(C)C)c1. The second kappa shape index (κ2) is 7.40. The van der Waals surface area contributed by atoms with Crippen LogP contribution in [0.3, 0.4) is 0 Å². The van der Waals surface area contributed by atoms with E-state index in [1.165, 1.54) is 5.56 Å². The molecule has 0 saturated heterocycles. The number of nitrogens with two attached hydrogens (primary N) is 1. The zero-order valence-electron chi connectivity index (χ0n) is 16.6. The first kappa shape index (κ1) is 19.8. The van der Waals surface area contributed by atoms with E-state index in [2.05, 4.69) is 59.0 Å². The van der Waals surface area contributed by atoms with Gasteiger partial charge in [0, 0.05) is 11.4 Å². The molecule has 0 unspecified atom stereocenters. The number of carbonyl (C=O) groups excluding carboxylic acids is 1. The monoisotopic (exact) mass is 354 g/mol. The summed E-state index contributed by atoms with van der Waals surface area (Å²) in [4.78, 5) is 12.2. The Balaban J connectivity index is 2.13. The lowest BCUT2D eigenvalue weighted by molar-refractivity contribution is -0.118. The van der Waals surface area contributed by atoms with Gasteiger partial charge in [-0.05, 0) is 52.3 Å². The Morgan fingerprint density at radius 2 is 1.58 bits per heavy atom. The Morgan fingerprint density at radius 3 is 2.12 bits per heavy atom. The van der Waals surface area contributed by atoms with Crippen LogP contribution in [0.4, 0.5) is 11.4 Å². The average molecular weight is 354 g/mol. The summed E-state index contributed by atoms with van der Waals surface area (Å²) < 4.78 is 5.85. The van der Waals surface area contributed by atoms with Crippen molar-refractivity contribution in [2.45, 2.75) is 52.4 Å². The van der Waals surface area contributed by atoms with Gasteiger partial charge in [0.2, 0.25) is 0 Å². The summed E-state index contributed by atoms with van der Waals surface area (Å²) in [6.45, 7) is 13.0. The molecular weight excluding hydrogens is 324 g/mol. The molecule has 0 aromatic heterocycles. The molecule has 140 valence electrons. The van der Waals surface area contributed by atoms with Crippen LogP contribution in [-0.4, -0.2) is 12.5 Å². The number of ether oxygens (including phenoxy) is 1. The lowest BCUT2D eigenvalue weighted by Gasteiger charge is -2.27. The van der Waals surface area contributed by atoms with Crippen LogP contribution in [0.5, 0.6) is 5.75 Å². The molecule has 2 aromatic carbocycles. The molecule has 3 N–H and O–H groups in total. The van der Waals surface area contributed by atoms with Gasteiger partial charge in [-0.3, -0.25) is 4.79 Å². The zero-order chi connectivity index (χ0) is 19.5. The normalized spacial score (nSPS) is 11.9. The number of anilines is 2. The first-order valence-electron chi connectivity index (χ1n) is 8.90. The van der Waals surface area contributed by atoms with Crippen LogP contribution >= 0.6 is 0 Å². The van der Waals surface area contributed by atoms with Crippen LogP contribution in [0.25, 0.3) is 0 Å². The Kier molecular flexibility index (Phi) is 5.65. The van der Waals surface area contributed by atoms with Gasteiger partial charge in [0.15, 0.2) is 6.61 Å². The molecule has 2 rings (SSSR count). The smallest absolute Gasteiger partial charge is 0.262 e. The van der Waals surface area contributed by atoms with Crippen molar-refractivity contribution in [3.63, 3.8) is 0 Å². The van der Waals surface area contributed by atoms with Gasteiger partial charge in [-0.2, -0.15) is 0 Å². The minimum Gasteiger partial charge on any atom is -0.483 e. The molecule has 1 amide bonds. The maximum absolute atomic E-state index is 12.2. The lowest BCUT2D eigenvalue weighted by atomic mass is 9.80. The topological polar surface area (TPSA) is 64.3 Å². The van der Waals surface area contributed by atoms with Gasteiger partial charge in [-0.15, -0.1) is 0 Å². The number of rotatable bonds is 4. The molecule has 0 aliphatic heterocycles. The van der Waals surface area contributed by atoms with E-state index in [0.29, 0.717) is 11.4 Å². The highest BCUT2D eigenvalue weighted by Gasteiger charge is 2.23. The summed E-state index contributed by atoms with van der Waals surface area (Å²) in [6, 6.07) is 13.3. The van der Waals surface area contributed by atoms with E-state index in [4.69, 9.17) is 10.5 Å². The van der Waals surface area contributed by atoms with E-state index in [-0.39, 0.29) is 23.3 Å². The second-order valence-electron chi connectivity index (χ2n) is 8.67. The minimum absolute atomic E-state index is 0.0394. The largest absolute Gasteiger partial charge is 0.483 e. The molecule has 2 aromatic rings. The van der Waals surface area contributed by atoms with Crippen molar-refractivity contribution in [1.82, 2.24) is 0 Å². The van der Waals surface area contributed by atoms with Crippen molar-refractivity contribution < 1.29 is 9.53 Å². The molecule has 0 saturated carbocycles. The van der Waals surface area contributed by atoms with Gasteiger partial charge in [0.05, 0.1) is 0 Å². The molecule has 0 fully saturated rings. The van der Waals surface area contributed by atoms with Crippen LogP contribution in [0.2, 0.25) is 0 Å². The fourth-order valence-electron chi connectivity index (χ4n) is 2.62. The summed E-state index contributed by atoms with van der Waals surface area (Å²) >= 11 is 0. The zero-order valence-corrected chi connectivity index (χ0v) is 16.6. The highest BCUT2D eigenvalue weighted by Crippen LogP contribution is 2.35. The van der Waals surface area contributed by atoms with E-state index in [1.54, 1.807) is 24.3 Å². The van der Waals surface area contributed by atoms with Crippen LogP contribution in [0.15, 0.2) is 42.5 Å². The molecule has 0 radical (unpaired) electrons. The molecule has 0 aliphatic carbocycles. The molecule has 0 atom stereocenters. The third-order valence-corrected chi connectivity index (χ3v) is 4.21. The van der Waals surface area contributed by atoms with Crippen molar-refractivity contribution in [3.05, 3.63) is 53.6 Å². The summed E-state index contributed by atoms with van der Waals surface area (Å²) in [5.41, 5.74) is 9.35.